The lowest BCUT2D eigenvalue weighted by atomic mass is 9.81. The summed E-state index contributed by atoms with van der Waals surface area (Å²) in [5.74, 6) is 0.937. The number of nitrogens with zero attached hydrogens (tertiary/aromatic N) is 2. The average molecular weight is 401 g/mol. The molecule has 0 bridgehead atoms. The maximum atomic E-state index is 13.2. The maximum Gasteiger partial charge on any atom is 0.139 e. The van der Waals surface area contributed by atoms with Crippen LogP contribution < -0.4 is 9.80 Å². The van der Waals surface area contributed by atoms with Crippen LogP contribution in [0.25, 0.3) is 12.2 Å². The molecule has 0 radical (unpaired) electrons. The van der Waals surface area contributed by atoms with E-state index in [1.54, 1.807) is 0 Å². The van der Waals surface area contributed by atoms with E-state index in [9.17, 15) is 4.79 Å². The van der Waals surface area contributed by atoms with E-state index >= 15 is 0 Å². The molecule has 0 aromatic heterocycles. The molecule has 156 valence electrons. The number of rotatable bonds is 6. The van der Waals surface area contributed by atoms with Crippen LogP contribution in [0.3, 0.4) is 0 Å². The molecule has 2 saturated heterocycles. The van der Waals surface area contributed by atoms with Gasteiger partial charge in [0.2, 0.25) is 0 Å². The van der Waals surface area contributed by atoms with Crippen molar-refractivity contribution in [2.24, 2.45) is 11.8 Å². The number of anilines is 2. The summed E-state index contributed by atoms with van der Waals surface area (Å²) in [6, 6.07) is 16.8. The molecule has 0 amide bonds. The van der Waals surface area contributed by atoms with E-state index in [0.717, 1.165) is 51.9 Å². The quantitative estimate of drug-likeness (QED) is 0.624. The minimum absolute atomic E-state index is 0.217. The van der Waals surface area contributed by atoms with Crippen molar-refractivity contribution in [2.45, 2.75) is 25.7 Å². The lowest BCUT2D eigenvalue weighted by Gasteiger charge is -2.38. The van der Waals surface area contributed by atoms with Crippen LogP contribution in [0, 0.1) is 11.8 Å². The number of piperidine rings is 2. The van der Waals surface area contributed by atoms with Crippen LogP contribution in [-0.2, 0) is 4.79 Å². The molecule has 3 nitrogen and oxygen atoms in total. The van der Waals surface area contributed by atoms with E-state index in [0.29, 0.717) is 5.78 Å². The van der Waals surface area contributed by atoms with E-state index in [1.165, 1.54) is 22.5 Å². The lowest BCUT2D eigenvalue weighted by Crippen LogP contribution is -2.42. The van der Waals surface area contributed by atoms with Crippen molar-refractivity contribution in [3.63, 3.8) is 0 Å². The molecule has 2 aromatic carbocycles. The van der Waals surface area contributed by atoms with Gasteiger partial charge in [-0.3, -0.25) is 4.79 Å². The number of hydrogen-bond donors (Lipinski definition) is 0. The van der Waals surface area contributed by atoms with Crippen LogP contribution in [0.2, 0.25) is 0 Å². The summed E-state index contributed by atoms with van der Waals surface area (Å²) < 4.78 is 0. The largest absolute Gasteiger partial charge is 0.371 e. The molecular weight excluding hydrogens is 368 g/mol. The van der Waals surface area contributed by atoms with Gasteiger partial charge in [0, 0.05) is 49.4 Å². The molecule has 0 N–H and O–H groups in total. The van der Waals surface area contributed by atoms with Gasteiger partial charge in [-0.15, -0.1) is 0 Å². The second-order valence-corrected chi connectivity index (χ2v) is 8.45. The third kappa shape index (κ3) is 4.21. The van der Waals surface area contributed by atoms with Gasteiger partial charge in [-0.2, -0.15) is 0 Å². The van der Waals surface area contributed by atoms with Gasteiger partial charge in [-0.25, -0.2) is 0 Å². The van der Waals surface area contributed by atoms with Crippen molar-refractivity contribution < 1.29 is 4.79 Å². The van der Waals surface area contributed by atoms with Crippen molar-refractivity contribution in [3.05, 3.63) is 72.8 Å². The first-order valence-corrected chi connectivity index (χ1v) is 11.2. The number of ketones is 1. The highest BCUT2D eigenvalue weighted by Crippen LogP contribution is 2.32. The Hall–Kier alpha value is -2.81. The second kappa shape index (κ2) is 9.34. The van der Waals surface area contributed by atoms with E-state index in [1.807, 2.05) is 12.2 Å². The van der Waals surface area contributed by atoms with Crippen molar-refractivity contribution in [2.75, 3.05) is 36.0 Å². The molecule has 0 aliphatic carbocycles. The Labute approximate surface area is 180 Å². The molecule has 3 heteroatoms. The zero-order chi connectivity index (χ0) is 20.9. The van der Waals surface area contributed by atoms with Crippen molar-refractivity contribution in [3.8, 4) is 0 Å². The number of Topliss-reactive ketones (excluding diaryl/α,β-unsaturated/α-hetero) is 1. The Kier molecular flexibility index (Phi) is 6.37. The first kappa shape index (κ1) is 20.5. The van der Waals surface area contributed by atoms with Gasteiger partial charge in [0.05, 0.1) is 0 Å². The third-order valence-corrected chi connectivity index (χ3v) is 6.79. The van der Waals surface area contributed by atoms with Crippen molar-refractivity contribution in [1.29, 1.82) is 0 Å². The van der Waals surface area contributed by atoms with Crippen LogP contribution in [0.15, 0.2) is 61.7 Å². The fraction of sp³-hybridized carbons (Fsp3) is 0.370. The molecule has 0 spiro atoms. The van der Waals surface area contributed by atoms with E-state index < -0.39 is 0 Å². The Morgan fingerprint density at radius 1 is 0.700 bits per heavy atom. The highest BCUT2D eigenvalue weighted by Gasteiger charge is 2.32. The first-order chi connectivity index (χ1) is 14.7. The molecule has 0 unspecified atom stereocenters. The Morgan fingerprint density at radius 3 is 1.43 bits per heavy atom. The first-order valence-electron chi connectivity index (χ1n) is 11.2. The number of hydrogen-bond acceptors (Lipinski definition) is 3. The summed E-state index contributed by atoms with van der Waals surface area (Å²) in [5.41, 5.74) is 4.84. The predicted molar refractivity (Wildman–Crippen MR) is 128 cm³/mol. The molecule has 0 saturated carbocycles. The minimum atomic E-state index is 0.217. The zero-order valence-electron chi connectivity index (χ0n) is 17.8. The predicted octanol–water partition coefficient (Wildman–Crippen LogP) is 5.67. The van der Waals surface area contributed by atoms with Crippen LogP contribution in [0.1, 0.15) is 36.8 Å². The number of para-hydroxylation sites is 2. The smallest absolute Gasteiger partial charge is 0.139 e. The Bertz CT molecular complexity index is 829. The topological polar surface area (TPSA) is 23.6 Å². The summed E-state index contributed by atoms with van der Waals surface area (Å²) in [6.45, 7) is 11.7. The van der Waals surface area contributed by atoms with Crippen molar-refractivity contribution in [1.82, 2.24) is 0 Å². The van der Waals surface area contributed by atoms with Crippen LogP contribution in [0.4, 0.5) is 11.4 Å². The summed E-state index contributed by atoms with van der Waals surface area (Å²) in [7, 11) is 0. The monoisotopic (exact) mass is 400 g/mol. The van der Waals surface area contributed by atoms with Gasteiger partial charge in [0.1, 0.15) is 5.78 Å². The molecule has 2 heterocycles. The standard InChI is InChI=1S/C27H32N2O/c1-3-21-9-5-7-11-25(21)28-17-13-23(14-18-28)27(30)24-15-19-29(20-16-24)26-12-8-6-10-22(26)4-2/h3-12,23-24H,1-2,13-20H2. The van der Waals surface area contributed by atoms with Gasteiger partial charge >= 0.3 is 0 Å². The SMILES string of the molecule is C=Cc1ccccc1N1CCC(C(=O)C2CCN(c3ccccc3C=C)CC2)CC1. The van der Waals surface area contributed by atoms with Crippen LogP contribution in [-0.4, -0.2) is 32.0 Å². The fourth-order valence-electron chi connectivity index (χ4n) is 5.04. The van der Waals surface area contributed by atoms with Gasteiger partial charge in [0.15, 0.2) is 0 Å². The lowest BCUT2D eigenvalue weighted by molar-refractivity contribution is -0.128. The molecule has 2 aliphatic rings. The van der Waals surface area contributed by atoms with Crippen LogP contribution >= 0.6 is 0 Å². The van der Waals surface area contributed by atoms with E-state index in [-0.39, 0.29) is 11.8 Å². The molecule has 2 fully saturated rings. The number of carbonyl (C=O) groups is 1. The van der Waals surface area contributed by atoms with Gasteiger partial charge in [-0.05, 0) is 48.9 Å². The maximum absolute atomic E-state index is 13.2. The summed E-state index contributed by atoms with van der Waals surface area (Å²) in [5, 5.41) is 0. The molecule has 0 atom stereocenters. The highest BCUT2D eigenvalue weighted by molar-refractivity contribution is 5.84. The minimum Gasteiger partial charge on any atom is -0.371 e. The average Bonchev–Trinajstić information content (AvgIpc) is 2.83. The van der Waals surface area contributed by atoms with Gasteiger partial charge in [0.25, 0.3) is 0 Å². The summed E-state index contributed by atoms with van der Waals surface area (Å²) >= 11 is 0. The Balaban J connectivity index is 1.32. The third-order valence-electron chi connectivity index (χ3n) is 6.79. The van der Waals surface area contributed by atoms with Gasteiger partial charge < -0.3 is 9.80 Å². The Morgan fingerprint density at radius 2 is 1.07 bits per heavy atom. The van der Waals surface area contributed by atoms with E-state index in [4.69, 9.17) is 0 Å². The molecule has 4 rings (SSSR count). The summed E-state index contributed by atoms with van der Waals surface area (Å²) in [4.78, 5) is 18.0. The zero-order valence-corrected chi connectivity index (χ0v) is 17.8. The molecule has 2 aromatic rings. The normalized spacial score (nSPS) is 18.3. The molecule has 2 aliphatic heterocycles. The summed E-state index contributed by atoms with van der Waals surface area (Å²) in [6.07, 6.45) is 7.69. The highest BCUT2D eigenvalue weighted by atomic mass is 16.1. The second-order valence-electron chi connectivity index (χ2n) is 8.45. The molecule has 30 heavy (non-hydrogen) atoms. The number of benzene rings is 2. The fourth-order valence-corrected chi connectivity index (χ4v) is 5.04. The van der Waals surface area contributed by atoms with Gasteiger partial charge in [-0.1, -0.05) is 61.7 Å². The van der Waals surface area contributed by atoms with E-state index in [2.05, 4.69) is 71.5 Å². The van der Waals surface area contributed by atoms with Crippen molar-refractivity contribution >= 4 is 29.3 Å². The van der Waals surface area contributed by atoms with Crippen LogP contribution in [0.5, 0.6) is 0 Å². The number of carbonyl (C=O) groups excluding carboxylic acids is 1. The molecular formula is C27H32N2O.